The molecule has 0 unspecified atom stereocenters. The van der Waals surface area contributed by atoms with E-state index in [1.54, 1.807) is 6.20 Å². The van der Waals surface area contributed by atoms with Crippen molar-refractivity contribution in [3.05, 3.63) is 52.9 Å². The number of hydrogen-bond acceptors (Lipinski definition) is 6. The molecule has 2 heterocycles. The highest BCUT2D eigenvalue weighted by atomic mass is 32.1. The van der Waals surface area contributed by atoms with Crippen LogP contribution in [0.5, 0.6) is 0 Å². The van der Waals surface area contributed by atoms with Crippen LogP contribution in [0.25, 0.3) is 10.4 Å². The summed E-state index contributed by atoms with van der Waals surface area (Å²) in [6.45, 7) is 1.28. The van der Waals surface area contributed by atoms with E-state index in [1.165, 1.54) is 23.6 Å². The molecule has 9 heteroatoms. The Kier molecular flexibility index (Phi) is 5.95. The van der Waals surface area contributed by atoms with Crippen LogP contribution in [0.4, 0.5) is 20.4 Å². The quantitative estimate of drug-likeness (QED) is 0.517. The first kappa shape index (κ1) is 21.3. The van der Waals surface area contributed by atoms with Crippen molar-refractivity contribution in [2.75, 3.05) is 5.32 Å². The minimum Gasteiger partial charge on any atom is -0.481 e. The maximum Gasteiger partial charge on any atom is 0.306 e. The number of alkyl halides is 2. The molecule has 3 aromatic rings. The number of nitrogens with zero attached hydrogens (tertiary/aromatic N) is 3. The van der Waals surface area contributed by atoms with Gasteiger partial charge in [-0.05, 0) is 61.9 Å². The van der Waals surface area contributed by atoms with E-state index in [9.17, 15) is 9.18 Å². The molecular weight excluding hydrogens is 422 g/mol. The average Bonchev–Trinajstić information content (AvgIpc) is 3.25. The third-order valence-corrected chi connectivity index (χ3v) is 6.71. The Bertz CT molecular complexity index is 1100. The summed E-state index contributed by atoms with van der Waals surface area (Å²) in [7, 11) is 0. The maximum atomic E-state index is 15.5. The molecule has 0 atom stereocenters. The zero-order valence-corrected chi connectivity index (χ0v) is 17.8. The number of carboxylic acid groups (broad SMARTS) is 1. The number of aryl methyl sites for hydroxylation is 1. The lowest BCUT2D eigenvalue weighted by Gasteiger charge is -2.30. The molecule has 1 aromatic carbocycles. The molecule has 0 spiro atoms. The second kappa shape index (κ2) is 8.66. The monoisotopic (exact) mass is 444 g/mol. The second-order valence-electron chi connectivity index (χ2n) is 7.83. The van der Waals surface area contributed by atoms with Gasteiger partial charge >= 0.3 is 5.97 Å². The van der Waals surface area contributed by atoms with Crippen LogP contribution in [0.2, 0.25) is 0 Å². The summed E-state index contributed by atoms with van der Waals surface area (Å²) >= 11 is 1.29. The maximum absolute atomic E-state index is 15.5. The van der Waals surface area contributed by atoms with E-state index in [2.05, 4.69) is 20.3 Å². The molecular formula is C22H22F2N4O2S. The van der Waals surface area contributed by atoms with Crippen LogP contribution >= 0.6 is 11.3 Å². The fourth-order valence-corrected chi connectivity index (χ4v) is 4.85. The molecule has 1 aliphatic carbocycles. The van der Waals surface area contributed by atoms with Gasteiger partial charge in [0, 0.05) is 18.1 Å². The fraction of sp³-hybridized carbons (Fsp3) is 0.364. The van der Waals surface area contributed by atoms with Crippen LogP contribution < -0.4 is 5.32 Å². The van der Waals surface area contributed by atoms with Crippen molar-refractivity contribution in [3.8, 4) is 10.4 Å². The standard InChI is InChI=1S/C22H22F2N4O2S/c1-13-8-15(10-17(9-13)28-21-25-7-4-16(11-23)27-21)18-12-26-20(31-18)22(24)5-2-14(3-6-22)19(29)30/h4,7-10,12,14H,2-3,5-6,11H2,1H3,(H,29,30)(H,25,27,28)/t14-,22+. The van der Waals surface area contributed by atoms with Gasteiger partial charge in [-0.3, -0.25) is 4.79 Å². The van der Waals surface area contributed by atoms with Crippen molar-refractivity contribution in [1.29, 1.82) is 0 Å². The van der Waals surface area contributed by atoms with Crippen LogP contribution in [-0.4, -0.2) is 26.0 Å². The van der Waals surface area contributed by atoms with Gasteiger partial charge in [0.1, 0.15) is 11.7 Å². The van der Waals surface area contributed by atoms with Gasteiger partial charge in [-0.15, -0.1) is 11.3 Å². The summed E-state index contributed by atoms with van der Waals surface area (Å²) in [5.74, 6) is -1.04. The van der Waals surface area contributed by atoms with Crippen molar-refractivity contribution in [3.63, 3.8) is 0 Å². The van der Waals surface area contributed by atoms with Gasteiger partial charge in [-0.2, -0.15) is 0 Å². The molecule has 1 fully saturated rings. The number of thiazole rings is 1. The van der Waals surface area contributed by atoms with Crippen LogP contribution in [0.15, 0.2) is 36.7 Å². The lowest BCUT2D eigenvalue weighted by Crippen LogP contribution is -2.30. The van der Waals surface area contributed by atoms with Gasteiger partial charge in [0.15, 0.2) is 5.67 Å². The zero-order chi connectivity index (χ0) is 22.0. The van der Waals surface area contributed by atoms with E-state index in [4.69, 9.17) is 5.11 Å². The lowest BCUT2D eigenvalue weighted by molar-refractivity contribution is -0.143. The van der Waals surface area contributed by atoms with Gasteiger partial charge < -0.3 is 10.4 Å². The molecule has 4 rings (SSSR count). The molecule has 2 aromatic heterocycles. The van der Waals surface area contributed by atoms with Crippen molar-refractivity contribution >= 4 is 28.9 Å². The van der Waals surface area contributed by atoms with E-state index in [0.29, 0.717) is 29.5 Å². The second-order valence-corrected chi connectivity index (χ2v) is 8.86. The summed E-state index contributed by atoms with van der Waals surface area (Å²) in [6.07, 6.45) is 4.12. The predicted octanol–water partition coefficient (Wildman–Crippen LogP) is 5.56. The van der Waals surface area contributed by atoms with Gasteiger partial charge in [0.25, 0.3) is 0 Å². The van der Waals surface area contributed by atoms with Crippen LogP contribution in [-0.2, 0) is 17.1 Å². The number of aromatic nitrogens is 3. The molecule has 162 valence electrons. The molecule has 6 nitrogen and oxygen atoms in total. The van der Waals surface area contributed by atoms with Crippen molar-refractivity contribution in [2.45, 2.75) is 45.0 Å². The number of benzene rings is 1. The zero-order valence-electron chi connectivity index (χ0n) is 16.9. The highest BCUT2D eigenvalue weighted by Gasteiger charge is 2.41. The Balaban J connectivity index is 1.55. The average molecular weight is 445 g/mol. The first-order valence-corrected chi connectivity index (χ1v) is 10.8. The SMILES string of the molecule is Cc1cc(Nc2nccc(CF)n2)cc(-c2cnc([C@]3(F)CC[C@@H](C(=O)O)CC3)s2)c1. The Morgan fingerprint density at radius 1 is 1.29 bits per heavy atom. The first-order chi connectivity index (χ1) is 14.9. The summed E-state index contributed by atoms with van der Waals surface area (Å²) in [6, 6.07) is 7.30. The topological polar surface area (TPSA) is 88.0 Å². The third kappa shape index (κ3) is 4.71. The Labute approximate surface area is 182 Å². The molecule has 0 amide bonds. The van der Waals surface area contributed by atoms with Gasteiger partial charge in [-0.1, -0.05) is 6.07 Å². The van der Waals surface area contributed by atoms with Gasteiger partial charge in [0.2, 0.25) is 5.95 Å². The molecule has 0 aliphatic heterocycles. The molecule has 31 heavy (non-hydrogen) atoms. The highest BCUT2D eigenvalue weighted by Crippen LogP contribution is 2.45. The van der Waals surface area contributed by atoms with Crippen LogP contribution in [0.1, 0.15) is 41.9 Å². The van der Waals surface area contributed by atoms with E-state index in [1.807, 2.05) is 25.1 Å². The van der Waals surface area contributed by atoms with E-state index in [0.717, 1.165) is 21.7 Å². The number of rotatable bonds is 6. The minimum absolute atomic E-state index is 0.166. The number of carbonyl (C=O) groups is 1. The Morgan fingerprint density at radius 2 is 2.06 bits per heavy atom. The lowest BCUT2D eigenvalue weighted by atomic mass is 9.80. The molecule has 0 bridgehead atoms. The van der Waals surface area contributed by atoms with Crippen LogP contribution in [0.3, 0.4) is 0 Å². The molecule has 2 N–H and O–H groups in total. The van der Waals surface area contributed by atoms with Crippen LogP contribution in [0, 0.1) is 12.8 Å². The number of aliphatic carboxylic acids is 1. The Hall–Kier alpha value is -2.94. The van der Waals surface area contributed by atoms with E-state index >= 15 is 4.39 Å². The number of halogens is 2. The van der Waals surface area contributed by atoms with Gasteiger partial charge in [-0.25, -0.2) is 23.7 Å². The first-order valence-electron chi connectivity index (χ1n) is 10.0. The molecule has 0 radical (unpaired) electrons. The Morgan fingerprint density at radius 3 is 2.77 bits per heavy atom. The summed E-state index contributed by atoms with van der Waals surface area (Å²) in [5, 5.41) is 12.6. The number of carboxylic acids is 1. The number of anilines is 2. The normalized spacial score (nSPS) is 21.1. The third-order valence-electron chi connectivity index (χ3n) is 5.48. The highest BCUT2D eigenvalue weighted by molar-refractivity contribution is 7.15. The predicted molar refractivity (Wildman–Crippen MR) is 115 cm³/mol. The summed E-state index contributed by atoms with van der Waals surface area (Å²) < 4.78 is 28.3. The largest absolute Gasteiger partial charge is 0.481 e. The fourth-order valence-electron chi connectivity index (χ4n) is 3.81. The van der Waals surface area contributed by atoms with Crippen molar-refractivity contribution in [2.24, 2.45) is 5.92 Å². The number of nitrogens with one attached hydrogen (secondary N) is 1. The summed E-state index contributed by atoms with van der Waals surface area (Å²) in [4.78, 5) is 24.5. The number of hydrogen-bond donors (Lipinski definition) is 2. The van der Waals surface area contributed by atoms with Gasteiger partial charge in [0.05, 0.1) is 16.5 Å². The smallest absolute Gasteiger partial charge is 0.306 e. The van der Waals surface area contributed by atoms with Crippen molar-refractivity contribution in [1.82, 2.24) is 15.0 Å². The minimum atomic E-state index is -1.58. The summed E-state index contributed by atoms with van der Waals surface area (Å²) in [5.41, 5.74) is 1.30. The molecule has 1 aliphatic rings. The van der Waals surface area contributed by atoms with E-state index in [-0.39, 0.29) is 12.8 Å². The molecule has 1 saturated carbocycles. The van der Waals surface area contributed by atoms with E-state index < -0.39 is 24.2 Å². The van der Waals surface area contributed by atoms with Crippen molar-refractivity contribution < 1.29 is 18.7 Å². The molecule has 0 saturated heterocycles.